The van der Waals surface area contributed by atoms with Gasteiger partial charge in [-0.25, -0.2) is 19.6 Å². The van der Waals surface area contributed by atoms with E-state index in [2.05, 4.69) is 0 Å². The number of carbonyl (C=O) groups excluding carboxylic acids is 4. The van der Waals surface area contributed by atoms with Gasteiger partial charge in [0.25, 0.3) is 11.1 Å². The number of cyclic esters (lactones) is 2. The molecule has 14 heteroatoms. The molecule has 8 heterocycles. The Labute approximate surface area is 329 Å². The van der Waals surface area contributed by atoms with Crippen molar-refractivity contribution in [1.82, 2.24) is 19.1 Å². The molecule has 0 saturated carbocycles. The number of carbonyl (C=O) groups is 4. The van der Waals surface area contributed by atoms with Crippen LogP contribution in [0.15, 0.2) is 82.4 Å². The maximum absolute atomic E-state index is 13.9. The third kappa shape index (κ3) is 5.03. The summed E-state index contributed by atoms with van der Waals surface area (Å²) in [6.07, 6.45) is -1.21. The third-order valence-electron chi connectivity index (χ3n) is 11.9. The predicted molar refractivity (Wildman–Crippen MR) is 206 cm³/mol. The van der Waals surface area contributed by atoms with Gasteiger partial charge in [0.05, 0.1) is 70.9 Å². The van der Waals surface area contributed by atoms with Gasteiger partial charge in [0.1, 0.15) is 13.2 Å². The van der Waals surface area contributed by atoms with E-state index in [9.17, 15) is 28.8 Å². The first kappa shape index (κ1) is 35.5. The van der Waals surface area contributed by atoms with Crippen LogP contribution < -0.4 is 11.1 Å². The number of ether oxygens (including phenoxy) is 4. The summed E-state index contributed by atoms with van der Waals surface area (Å²) >= 11 is 0. The second kappa shape index (κ2) is 12.8. The van der Waals surface area contributed by atoms with Crippen LogP contribution >= 0.6 is 0 Å². The van der Waals surface area contributed by atoms with E-state index in [4.69, 9.17) is 28.9 Å². The molecule has 14 nitrogen and oxygen atoms in total. The summed E-state index contributed by atoms with van der Waals surface area (Å²) in [6, 6.07) is 22.5. The van der Waals surface area contributed by atoms with Gasteiger partial charge in [0.2, 0.25) is 11.2 Å². The fraction of sp³-hybridized carbons (Fsp3) is 0.273. The van der Waals surface area contributed by atoms with Crippen LogP contribution in [-0.4, -0.2) is 43.0 Å². The molecule has 2 aromatic carbocycles. The number of nitrogens with zero attached hydrogens (tertiary/aromatic N) is 4. The van der Waals surface area contributed by atoms with Crippen LogP contribution in [0.1, 0.15) is 72.9 Å². The topological polar surface area (TPSA) is 175 Å². The summed E-state index contributed by atoms with van der Waals surface area (Å²) < 4.78 is 25.9. The Hall–Kier alpha value is -6.96. The minimum atomic E-state index is -1.97. The van der Waals surface area contributed by atoms with Crippen molar-refractivity contribution in [3.8, 4) is 22.8 Å². The summed E-state index contributed by atoms with van der Waals surface area (Å²) in [5.74, 6) is -3.56. The van der Waals surface area contributed by atoms with Crippen LogP contribution in [-0.2, 0) is 75.6 Å². The lowest BCUT2D eigenvalue weighted by atomic mass is 9.85. The molecule has 0 spiro atoms. The molecule has 290 valence electrons. The molecule has 0 fully saturated rings. The molecule has 2 atom stereocenters. The van der Waals surface area contributed by atoms with E-state index in [-0.39, 0.29) is 72.5 Å². The van der Waals surface area contributed by atoms with Crippen LogP contribution in [0.5, 0.6) is 0 Å². The monoisotopic (exact) mass is 778 g/mol. The standard InChI is InChI=1S/C44H34N4O10/c1-3-43(29-17-33-37-25(15-23-9-5-7-11-31(23)45-37)19-47(33)39(51)27(29)21-55-41(43)53)57-35(49)13-14-36(50)58-44(4-2)30-18-34-38-26(16-24-10-6-8-12-32(24)46-38)20-48(34)40(52)28(30)22-56-42(44)54/h5-12,15-18H,3-4,13-14,19-22H2,1-2H3. The maximum atomic E-state index is 13.9. The van der Waals surface area contributed by atoms with Crippen molar-refractivity contribution in [2.24, 2.45) is 0 Å². The molecule has 0 bridgehead atoms. The lowest BCUT2D eigenvalue weighted by Gasteiger charge is -2.36. The number of fused-ring (bicyclic) bond motifs is 10. The highest BCUT2D eigenvalue weighted by Crippen LogP contribution is 2.43. The molecule has 4 aromatic heterocycles. The molecular formula is C44H34N4O10. The second-order valence-corrected chi connectivity index (χ2v) is 15.0. The summed E-state index contributed by atoms with van der Waals surface area (Å²) in [5.41, 5.74) is 1.35. The quantitative estimate of drug-likeness (QED) is 0.156. The van der Waals surface area contributed by atoms with E-state index >= 15 is 0 Å². The summed E-state index contributed by atoms with van der Waals surface area (Å²) in [7, 11) is 0. The first-order valence-electron chi connectivity index (χ1n) is 19.2. The lowest BCUT2D eigenvalue weighted by Crippen LogP contribution is -2.48. The molecule has 0 radical (unpaired) electrons. The molecule has 4 aliphatic rings. The number of pyridine rings is 4. The highest BCUT2D eigenvalue weighted by Gasteiger charge is 2.52. The Bertz CT molecular complexity index is 2790. The number of aromatic nitrogens is 4. The molecule has 2 unspecified atom stereocenters. The molecule has 0 amide bonds. The van der Waals surface area contributed by atoms with Crippen molar-refractivity contribution < 1.29 is 38.1 Å². The van der Waals surface area contributed by atoms with E-state index < -0.39 is 47.9 Å². The highest BCUT2D eigenvalue weighted by molar-refractivity contribution is 5.91. The van der Waals surface area contributed by atoms with Gasteiger partial charge in [-0.15, -0.1) is 0 Å². The van der Waals surface area contributed by atoms with Crippen molar-refractivity contribution in [3.05, 3.63) is 127 Å². The summed E-state index contributed by atoms with van der Waals surface area (Å²) in [4.78, 5) is 91.8. The van der Waals surface area contributed by atoms with Crippen LogP contribution in [0.4, 0.5) is 0 Å². The van der Waals surface area contributed by atoms with Crippen molar-refractivity contribution in [2.75, 3.05) is 0 Å². The fourth-order valence-electron chi connectivity index (χ4n) is 8.86. The Morgan fingerprint density at radius 1 is 0.638 bits per heavy atom. The Morgan fingerprint density at radius 2 is 1.05 bits per heavy atom. The van der Waals surface area contributed by atoms with Gasteiger partial charge in [-0.3, -0.25) is 19.2 Å². The minimum Gasteiger partial charge on any atom is -0.457 e. The Morgan fingerprint density at radius 3 is 1.47 bits per heavy atom. The summed E-state index contributed by atoms with van der Waals surface area (Å²) in [6.45, 7) is 3.22. The number of para-hydroxylation sites is 2. The SMILES string of the molecule is CCC1(OC(=O)CCC(=O)OC2(CC)C(=O)OCc3c2cc2n(c3=O)Cc3cc4ccccc4nc3-2)C(=O)OCc2c1cc1n(c2=O)Cc2cc3ccccc3nc2-1. The zero-order chi connectivity index (χ0) is 40.1. The molecule has 0 saturated heterocycles. The van der Waals surface area contributed by atoms with Crippen molar-refractivity contribution >= 4 is 45.7 Å². The summed E-state index contributed by atoms with van der Waals surface area (Å²) in [5, 5.41) is 1.84. The average molecular weight is 779 g/mol. The molecule has 58 heavy (non-hydrogen) atoms. The van der Waals surface area contributed by atoms with E-state index in [1.807, 2.05) is 60.7 Å². The molecular weight excluding hydrogens is 745 g/mol. The fourth-order valence-corrected chi connectivity index (χ4v) is 8.86. The van der Waals surface area contributed by atoms with Gasteiger partial charge < -0.3 is 28.1 Å². The number of hydrogen-bond acceptors (Lipinski definition) is 12. The van der Waals surface area contributed by atoms with Gasteiger partial charge in [0, 0.05) is 33.0 Å². The Balaban J connectivity index is 0.926. The average Bonchev–Trinajstić information content (AvgIpc) is 3.78. The van der Waals surface area contributed by atoms with Crippen LogP contribution in [0.3, 0.4) is 0 Å². The predicted octanol–water partition coefficient (Wildman–Crippen LogP) is 5.05. The first-order valence-corrected chi connectivity index (χ1v) is 19.2. The van der Waals surface area contributed by atoms with Crippen LogP contribution in [0.25, 0.3) is 44.6 Å². The number of rotatable bonds is 7. The van der Waals surface area contributed by atoms with Crippen molar-refractivity contribution in [1.29, 1.82) is 0 Å². The minimum absolute atomic E-state index is 0.0644. The lowest BCUT2D eigenvalue weighted by molar-refractivity contribution is -0.192. The van der Waals surface area contributed by atoms with Crippen LogP contribution in [0, 0.1) is 0 Å². The molecule has 6 aromatic rings. The van der Waals surface area contributed by atoms with E-state index in [1.165, 1.54) is 0 Å². The number of hydrogen-bond donors (Lipinski definition) is 0. The van der Waals surface area contributed by atoms with E-state index in [0.717, 1.165) is 32.9 Å². The normalized spacial score (nSPS) is 19.6. The molecule has 10 rings (SSSR count). The second-order valence-electron chi connectivity index (χ2n) is 15.0. The van der Waals surface area contributed by atoms with Gasteiger partial charge in [-0.2, -0.15) is 0 Å². The van der Waals surface area contributed by atoms with Crippen molar-refractivity contribution in [3.63, 3.8) is 0 Å². The van der Waals surface area contributed by atoms with Gasteiger partial charge in [0.15, 0.2) is 0 Å². The maximum Gasteiger partial charge on any atom is 0.355 e. The third-order valence-corrected chi connectivity index (χ3v) is 11.9. The molecule has 4 aliphatic heterocycles. The van der Waals surface area contributed by atoms with Gasteiger partial charge in [-0.05, 0) is 49.2 Å². The zero-order valence-corrected chi connectivity index (χ0v) is 31.5. The van der Waals surface area contributed by atoms with Crippen molar-refractivity contribution in [2.45, 2.75) is 77.0 Å². The van der Waals surface area contributed by atoms with Gasteiger partial charge in [-0.1, -0.05) is 50.2 Å². The number of esters is 4. The number of benzene rings is 2. The van der Waals surface area contributed by atoms with E-state index in [1.54, 1.807) is 35.1 Å². The smallest absolute Gasteiger partial charge is 0.355 e. The largest absolute Gasteiger partial charge is 0.457 e. The zero-order valence-electron chi connectivity index (χ0n) is 31.5. The van der Waals surface area contributed by atoms with E-state index in [0.29, 0.717) is 22.8 Å². The van der Waals surface area contributed by atoms with Gasteiger partial charge >= 0.3 is 23.9 Å². The molecule has 0 aliphatic carbocycles. The first-order chi connectivity index (χ1) is 28.0. The highest BCUT2D eigenvalue weighted by atomic mass is 16.6. The Kier molecular flexibility index (Phi) is 7.81. The van der Waals surface area contributed by atoms with Crippen LogP contribution in [0.2, 0.25) is 0 Å². The molecule has 0 N–H and O–H groups in total.